The lowest BCUT2D eigenvalue weighted by Crippen LogP contribution is -2.19. The van der Waals surface area contributed by atoms with E-state index in [1.165, 1.54) is 33.6 Å². The summed E-state index contributed by atoms with van der Waals surface area (Å²) in [6.45, 7) is 31.7. The fraction of sp³-hybridized carbons (Fsp3) is 0.455. The van der Waals surface area contributed by atoms with Gasteiger partial charge in [0, 0.05) is 44.4 Å². The highest BCUT2D eigenvalue weighted by Gasteiger charge is 2.24. The summed E-state index contributed by atoms with van der Waals surface area (Å²) in [5, 5.41) is 19.8. The molecule has 0 bridgehead atoms. The van der Waals surface area contributed by atoms with Gasteiger partial charge in [-0.25, -0.2) is 0 Å². The molecule has 1 heterocycles. The van der Waals surface area contributed by atoms with Gasteiger partial charge in [0.1, 0.15) is 0 Å². The Morgan fingerprint density at radius 2 is 0.771 bits per heavy atom. The molecule has 0 spiro atoms. The van der Waals surface area contributed by atoms with Crippen LogP contribution in [-0.2, 0) is 0 Å². The first-order valence-electron chi connectivity index (χ1n) is 17.9. The monoisotopic (exact) mass is 644 g/mol. The third-order valence-electron chi connectivity index (χ3n) is 9.19. The van der Waals surface area contributed by atoms with Gasteiger partial charge in [-0.2, -0.15) is 0 Å². The van der Waals surface area contributed by atoms with Crippen LogP contribution in [0, 0.1) is 10.8 Å². The molecular formula is C44H60N4. The van der Waals surface area contributed by atoms with E-state index in [2.05, 4.69) is 180 Å². The molecule has 2 N–H and O–H groups in total. The molecule has 0 unspecified atom stereocenters. The molecule has 256 valence electrons. The van der Waals surface area contributed by atoms with Crippen molar-refractivity contribution in [1.29, 1.82) is 0 Å². The van der Waals surface area contributed by atoms with Crippen LogP contribution in [0.3, 0.4) is 0 Å². The van der Waals surface area contributed by atoms with Crippen molar-refractivity contribution in [3.63, 3.8) is 0 Å². The van der Waals surface area contributed by atoms with Crippen LogP contribution >= 0.6 is 0 Å². The second kappa shape index (κ2) is 14.7. The second-order valence-corrected chi connectivity index (χ2v) is 16.6. The number of nitrogens with zero attached hydrogens (tertiary/aromatic N) is 2. The fourth-order valence-corrected chi connectivity index (χ4v) is 6.17. The third kappa shape index (κ3) is 8.38. The Labute approximate surface area is 291 Å². The SMILES string of the molecule is CC(C)c1cccc(C(C)C)c1N/C(=C\c1nnc(/C=C(\Nc2c(C(C)C)cccc2C(C)C)C(C)(C)C)c2ccccc12)C(C)(C)C. The normalized spacial score (nSPS) is 13.4. The lowest BCUT2D eigenvalue weighted by atomic mass is 9.87. The molecule has 0 saturated heterocycles. The predicted molar refractivity (Wildman–Crippen MR) is 211 cm³/mol. The topological polar surface area (TPSA) is 49.8 Å². The maximum Gasteiger partial charge on any atom is 0.0953 e. The van der Waals surface area contributed by atoms with E-state index >= 15 is 0 Å². The van der Waals surface area contributed by atoms with E-state index < -0.39 is 0 Å². The Morgan fingerprint density at radius 3 is 1.02 bits per heavy atom. The first-order valence-corrected chi connectivity index (χ1v) is 17.9. The number of para-hydroxylation sites is 2. The Hall–Kier alpha value is -3.92. The summed E-state index contributed by atoms with van der Waals surface area (Å²) in [7, 11) is 0. The Kier molecular flexibility index (Phi) is 11.3. The molecule has 0 amide bonds. The van der Waals surface area contributed by atoms with Gasteiger partial charge in [0.2, 0.25) is 0 Å². The van der Waals surface area contributed by atoms with Crippen LogP contribution in [0.2, 0.25) is 0 Å². The minimum Gasteiger partial charge on any atom is -0.358 e. The van der Waals surface area contributed by atoms with Crippen LogP contribution in [0.5, 0.6) is 0 Å². The van der Waals surface area contributed by atoms with Gasteiger partial charge in [-0.15, -0.1) is 10.2 Å². The number of hydrogen-bond donors (Lipinski definition) is 2. The first-order chi connectivity index (χ1) is 22.4. The Balaban J connectivity index is 1.89. The molecule has 0 aliphatic rings. The average Bonchev–Trinajstić information content (AvgIpc) is 2.99. The van der Waals surface area contributed by atoms with Crippen molar-refractivity contribution in [3.05, 3.63) is 106 Å². The highest BCUT2D eigenvalue weighted by molar-refractivity contribution is 5.94. The maximum absolute atomic E-state index is 4.91. The van der Waals surface area contributed by atoms with E-state index in [-0.39, 0.29) is 10.8 Å². The first kappa shape index (κ1) is 36.9. The summed E-state index contributed by atoms with van der Waals surface area (Å²) in [5.74, 6) is 1.59. The number of benzene rings is 3. The number of hydrogen-bond acceptors (Lipinski definition) is 4. The summed E-state index contributed by atoms with van der Waals surface area (Å²) < 4.78 is 0. The molecule has 4 nitrogen and oxygen atoms in total. The highest BCUT2D eigenvalue weighted by Crippen LogP contribution is 2.39. The molecule has 4 rings (SSSR count). The zero-order valence-corrected chi connectivity index (χ0v) is 32.1. The van der Waals surface area contributed by atoms with Crippen molar-refractivity contribution in [1.82, 2.24) is 10.2 Å². The minimum atomic E-state index is -0.152. The molecule has 4 heteroatoms. The lowest BCUT2D eigenvalue weighted by Gasteiger charge is -2.29. The van der Waals surface area contributed by atoms with Gasteiger partial charge in [0.05, 0.1) is 11.4 Å². The van der Waals surface area contributed by atoms with Crippen molar-refractivity contribution in [2.75, 3.05) is 10.6 Å². The van der Waals surface area contributed by atoms with Gasteiger partial charge in [0.15, 0.2) is 0 Å². The summed E-state index contributed by atoms with van der Waals surface area (Å²) >= 11 is 0. The summed E-state index contributed by atoms with van der Waals surface area (Å²) in [6, 6.07) is 21.9. The van der Waals surface area contributed by atoms with E-state index in [1.807, 2.05) is 0 Å². The zero-order valence-electron chi connectivity index (χ0n) is 32.1. The lowest BCUT2D eigenvalue weighted by molar-refractivity contribution is 0.510. The zero-order chi connectivity index (χ0) is 35.6. The summed E-state index contributed by atoms with van der Waals surface area (Å²) in [4.78, 5) is 0. The predicted octanol–water partition coefficient (Wildman–Crippen LogP) is 13.1. The van der Waals surface area contributed by atoms with Crippen LogP contribution in [0.4, 0.5) is 11.4 Å². The molecule has 0 aliphatic heterocycles. The Bertz CT molecular complexity index is 1600. The van der Waals surface area contributed by atoms with E-state index in [0.29, 0.717) is 23.7 Å². The molecule has 3 aromatic carbocycles. The smallest absolute Gasteiger partial charge is 0.0953 e. The fourth-order valence-electron chi connectivity index (χ4n) is 6.17. The molecule has 0 saturated carbocycles. The van der Waals surface area contributed by atoms with Gasteiger partial charge in [0.25, 0.3) is 0 Å². The van der Waals surface area contributed by atoms with Crippen LogP contribution in [0.25, 0.3) is 22.9 Å². The van der Waals surface area contributed by atoms with E-state index in [0.717, 1.165) is 33.6 Å². The quantitative estimate of drug-likeness (QED) is 0.180. The van der Waals surface area contributed by atoms with Crippen LogP contribution in [0.15, 0.2) is 72.1 Å². The molecule has 0 aliphatic carbocycles. The number of fused-ring (bicyclic) bond motifs is 1. The van der Waals surface area contributed by atoms with Crippen molar-refractivity contribution in [2.45, 2.75) is 121 Å². The molecule has 0 atom stereocenters. The van der Waals surface area contributed by atoms with Crippen molar-refractivity contribution >= 4 is 34.3 Å². The van der Waals surface area contributed by atoms with Crippen molar-refractivity contribution < 1.29 is 0 Å². The van der Waals surface area contributed by atoms with Crippen LogP contribution < -0.4 is 10.6 Å². The number of anilines is 2. The molecule has 0 fully saturated rings. The number of nitrogens with one attached hydrogen (secondary N) is 2. The number of aromatic nitrogens is 2. The summed E-state index contributed by atoms with van der Waals surface area (Å²) in [5.41, 5.74) is 11.4. The van der Waals surface area contributed by atoms with Gasteiger partial charge in [-0.3, -0.25) is 0 Å². The van der Waals surface area contributed by atoms with Crippen molar-refractivity contribution in [2.24, 2.45) is 10.8 Å². The average molecular weight is 645 g/mol. The number of allylic oxidation sites excluding steroid dienone is 2. The number of rotatable bonds is 10. The second-order valence-electron chi connectivity index (χ2n) is 16.6. The van der Waals surface area contributed by atoms with E-state index in [1.54, 1.807) is 0 Å². The Morgan fingerprint density at radius 1 is 0.479 bits per heavy atom. The van der Waals surface area contributed by atoms with Gasteiger partial charge in [-0.05, 0) is 58.1 Å². The molecule has 0 radical (unpaired) electrons. The van der Waals surface area contributed by atoms with Crippen molar-refractivity contribution in [3.8, 4) is 0 Å². The highest BCUT2D eigenvalue weighted by atomic mass is 15.1. The van der Waals surface area contributed by atoms with E-state index in [9.17, 15) is 0 Å². The van der Waals surface area contributed by atoms with E-state index in [4.69, 9.17) is 10.2 Å². The summed E-state index contributed by atoms with van der Waals surface area (Å²) in [6.07, 6.45) is 4.42. The van der Waals surface area contributed by atoms with Gasteiger partial charge in [-0.1, -0.05) is 158 Å². The third-order valence-corrected chi connectivity index (χ3v) is 9.19. The molecule has 48 heavy (non-hydrogen) atoms. The maximum atomic E-state index is 4.91. The molecule has 1 aromatic heterocycles. The van der Waals surface area contributed by atoms with Crippen LogP contribution in [0.1, 0.15) is 154 Å². The molecule has 4 aromatic rings. The minimum absolute atomic E-state index is 0.152. The standard InChI is InChI=1S/C44H60N4/c1-27(2)31-21-17-22-32(28(3)4)41(31)45-39(43(9,10)11)25-37-35-19-15-16-20-36(35)38(48-47-37)26-40(44(12,13)14)46-42-33(29(5)6)23-18-24-34(42)30(7)8/h15-30,45-46H,1-14H3/b39-25-,40-26-. The van der Waals surface area contributed by atoms with Gasteiger partial charge >= 0.3 is 0 Å². The molecular weight excluding hydrogens is 585 g/mol. The largest absolute Gasteiger partial charge is 0.358 e. The van der Waals surface area contributed by atoms with Crippen LogP contribution in [-0.4, -0.2) is 10.2 Å². The van der Waals surface area contributed by atoms with Gasteiger partial charge < -0.3 is 10.6 Å².